The largest absolute Gasteiger partial charge is 0.497 e. The van der Waals surface area contributed by atoms with E-state index in [9.17, 15) is 9.18 Å². The number of hydrogen-bond acceptors (Lipinski definition) is 3. The van der Waals surface area contributed by atoms with Gasteiger partial charge in [0.2, 0.25) is 0 Å². The molecule has 0 radical (unpaired) electrons. The number of thiocarbonyl (C=S) groups is 1. The molecule has 110 valence electrons. The first kappa shape index (κ1) is 16.4. The lowest BCUT2D eigenvalue weighted by atomic mass is 10.1. The Kier molecular flexibility index (Phi) is 5.88. The Balaban J connectivity index is 2.94. The maximum absolute atomic E-state index is 13.9. The Bertz CT molecular complexity index is 508. The van der Waals surface area contributed by atoms with Gasteiger partial charge in [0.05, 0.1) is 17.7 Å². The Labute approximate surface area is 123 Å². The summed E-state index contributed by atoms with van der Waals surface area (Å²) in [6.45, 7) is 4.49. The molecule has 1 unspecified atom stereocenters. The fourth-order valence-electron chi connectivity index (χ4n) is 1.74. The van der Waals surface area contributed by atoms with Crippen LogP contribution in [0.1, 0.15) is 24.2 Å². The van der Waals surface area contributed by atoms with Crippen molar-refractivity contribution in [2.24, 2.45) is 11.7 Å². The normalized spacial score (nSPS) is 11.8. The first-order chi connectivity index (χ1) is 9.40. The molecule has 0 aromatic heterocycles. The van der Waals surface area contributed by atoms with Crippen LogP contribution in [0, 0.1) is 11.7 Å². The van der Waals surface area contributed by atoms with Crippen molar-refractivity contribution in [2.75, 3.05) is 20.2 Å². The van der Waals surface area contributed by atoms with Crippen molar-refractivity contribution in [3.8, 4) is 5.75 Å². The first-order valence-corrected chi connectivity index (χ1v) is 6.73. The summed E-state index contributed by atoms with van der Waals surface area (Å²) in [7, 11) is 1.44. The van der Waals surface area contributed by atoms with Crippen molar-refractivity contribution in [1.29, 1.82) is 0 Å². The van der Waals surface area contributed by atoms with Crippen molar-refractivity contribution in [1.82, 2.24) is 4.90 Å². The van der Waals surface area contributed by atoms with Gasteiger partial charge in [0.1, 0.15) is 11.6 Å². The van der Waals surface area contributed by atoms with Crippen LogP contribution in [-0.2, 0) is 0 Å². The lowest BCUT2D eigenvalue weighted by Gasteiger charge is -2.24. The van der Waals surface area contributed by atoms with Crippen LogP contribution < -0.4 is 10.5 Å². The molecule has 20 heavy (non-hydrogen) atoms. The molecule has 0 heterocycles. The molecule has 2 N–H and O–H groups in total. The molecule has 1 aromatic rings. The number of nitrogens with zero attached hydrogens (tertiary/aromatic N) is 1. The lowest BCUT2D eigenvalue weighted by Crippen LogP contribution is -2.38. The number of hydrogen-bond donors (Lipinski definition) is 1. The van der Waals surface area contributed by atoms with Gasteiger partial charge in [-0.05, 0) is 19.1 Å². The molecule has 0 aliphatic rings. The number of amides is 1. The summed E-state index contributed by atoms with van der Waals surface area (Å²) in [5, 5.41) is 0. The minimum atomic E-state index is -0.601. The smallest absolute Gasteiger partial charge is 0.256 e. The predicted molar refractivity (Wildman–Crippen MR) is 80.5 cm³/mol. The van der Waals surface area contributed by atoms with Crippen LogP contribution in [0.25, 0.3) is 0 Å². The summed E-state index contributed by atoms with van der Waals surface area (Å²) in [4.78, 5) is 14.2. The van der Waals surface area contributed by atoms with Gasteiger partial charge < -0.3 is 15.4 Å². The van der Waals surface area contributed by atoms with Gasteiger partial charge in [0.25, 0.3) is 5.91 Å². The molecule has 0 saturated heterocycles. The number of halogens is 1. The van der Waals surface area contributed by atoms with E-state index in [2.05, 4.69) is 0 Å². The van der Waals surface area contributed by atoms with Gasteiger partial charge in [0, 0.05) is 25.1 Å². The number of nitrogens with two attached hydrogens (primary N) is 1. The highest BCUT2D eigenvalue weighted by Gasteiger charge is 2.21. The van der Waals surface area contributed by atoms with E-state index in [1.54, 1.807) is 6.07 Å². The average Bonchev–Trinajstić information content (AvgIpc) is 2.43. The molecule has 1 atom stereocenters. The van der Waals surface area contributed by atoms with E-state index in [0.717, 1.165) is 0 Å². The third kappa shape index (κ3) is 3.90. The molecular formula is C14H19FN2O2S. The fourth-order valence-corrected chi connectivity index (χ4v) is 1.82. The highest BCUT2D eigenvalue weighted by Crippen LogP contribution is 2.18. The average molecular weight is 298 g/mol. The van der Waals surface area contributed by atoms with E-state index in [4.69, 9.17) is 22.7 Å². The molecular weight excluding hydrogens is 279 g/mol. The van der Waals surface area contributed by atoms with E-state index in [1.807, 2.05) is 13.8 Å². The molecule has 0 aliphatic carbocycles. The summed E-state index contributed by atoms with van der Waals surface area (Å²) in [5.41, 5.74) is 5.56. The first-order valence-electron chi connectivity index (χ1n) is 6.32. The fraction of sp³-hybridized carbons (Fsp3) is 0.429. The molecule has 6 heteroatoms. The highest BCUT2D eigenvalue weighted by molar-refractivity contribution is 7.80. The Morgan fingerprint density at radius 2 is 2.20 bits per heavy atom. The van der Waals surface area contributed by atoms with E-state index < -0.39 is 5.82 Å². The van der Waals surface area contributed by atoms with Crippen molar-refractivity contribution in [3.63, 3.8) is 0 Å². The maximum atomic E-state index is 13.9. The summed E-state index contributed by atoms with van der Waals surface area (Å²) in [6, 6.07) is 4.17. The topological polar surface area (TPSA) is 55.6 Å². The molecule has 0 fully saturated rings. The molecule has 0 aliphatic heterocycles. The van der Waals surface area contributed by atoms with Gasteiger partial charge in [-0.25, -0.2) is 4.39 Å². The van der Waals surface area contributed by atoms with Crippen molar-refractivity contribution in [3.05, 3.63) is 29.6 Å². The molecule has 4 nitrogen and oxygen atoms in total. The second-order valence-electron chi connectivity index (χ2n) is 4.49. The van der Waals surface area contributed by atoms with Gasteiger partial charge >= 0.3 is 0 Å². The molecule has 1 amide bonds. The van der Waals surface area contributed by atoms with Crippen LogP contribution in [0.5, 0.6) is 5.75 Å². The van der Waals surface area contributed by atoms with Gasteiger partial charge in [-0.2, -0.15) is 0 Å². The maximum Gasteiger partial charge on any atom is 0.256 e. The number of carbonyl (C=O) groups excluding carboxylic acids is 1. The van der Waals surface area contributed by atoms with Crippen LogP contribution in [-0.4, -0.2) is 36.0 Å². The van der Waals surface area contributed by atoms with Crippen LogP contribution in [0.15, 0.2) is 18.2 Å². The summed E-state index contributed by atoms with van der Waals surface area (Å²) < 4.78 is 18.8. The Morgan fingerprint density at radius 3 is 2.65 bits per heavy atom. The number of carbonyl (C=O) groups is 1. The van der Waals surface area contributed by atoms with E-state index in [0.29, 0.717) is 23.8 Å². The summed E-state index contributed by atoms with van der Waals surface area (Å²) >= 11 is 4.90. The molecule has 0 bridgehead atoms. The van der Waals surface area contributed by atoms with Crippen molar-refractivity contribution >= 4 is 23.1 Å². The van der Waals surface area contributed by atoms with E-state index in [1.165, 1.54) is 24.1 Å². The molecule has 0 spiro atoms. The number of methoxy groups -OCH3 is 1. The zero-order valence-electron chi connectivity index (χ0n) is 11.9. The second kappa shape index (κ2) is 7.19. The van der Waals surface area contributed by atoms with Gasteiger partial charge in [-0.3, -0.25) is 4.79 Å². The van der Waals surface area contributed by atoms with Gasteiger partial charge in [0.15, 0.2) is 0 Å². The Hall–Kier alpha value is -1.69. The zero-order chi connectivity index (χ0) is 15.3. The lowest BCUT2D eigenvalue weighted by molar-refractivity contribution is 0.0750. The third-order valence-corrected chi connectivity index (χ3v) is 3.46. The third-order valence-electron chi connectivity index (χ3n) is 3.06. The Morgan fingerprint density at radius 1 is 1.55 bits per heavy atom. The van der Waals surface area contributed by atoms with Crippen molar-refractivity contribution in [2.45, 2.75) is 13.8 Å². The van der Waals surface area contributed by atoms with Gasteiger partial charge in [-0.15, -0.1) is 0 Å². The molecule has 0 saturated carbocycles. The van der Waals surface area contributed by atoms with Crippen LogP contribution >= 0.6 is 12.2 Å². The monoisotopic (exact) mass is 298 g/mol. The summed E-state index contributed by atoms with van der Waals surface area (Å²) in [5.74, 6) is -0.722. The standard InChI is InChI=1S/C14H19FN2O2S/c1-4-17(8-9(2)13(16)20)14(18)11-6-5-10(19-3)7-12(11)15/h5-7,9H,4,8H2,1-3H3,(H2,16,20). The van der Waals surface area contributed by atoms with E-state index >= 15 is 0 Å². The zero-order valence-corrected chi connectivity index (χ0v) is 12.7. The van der Waals surface area contributed by atoms with Crippen LogP contribution in [0.4, 0.5) is 4.39 Å². The SMILES string of the molecule is CCN(CC(C)C(N)=S)C(=O)c1ccc(OC)cc1F. The molecule has 1 rings (SSSR count). The minimum absolute atomic E-state index is 0.0165. The van der Waals surface area contributed by atoms with Gasteiger partial charge in [-0.1, -0.05) is 19.1 Å². The van der Waals surface area contributed by atoms with Crippen LogP contribution in [0.3, 0.4) is 0 Å². The van der Waals surface area contributed by atoms with Crippen molar-refractivity contribution < 1.29 is 13.9 Å². The minimum Gasteiger partial charge on any atom is -0.497 e. The number of ether oxygens (including phenoxy) is 1. The number of rotatable bonds is 6. The quantitative estimate of drug-likeness (QED) is 0.818. The number of benzene rings is 1. The second-order valence-corrected chi connectivity index (χ2v) is 4.96. The predicted octanol–water partition coefficient (Wildman–Crippen LogP) is 2.22. The molecule has 1 aromatic carbocycles. The highest BCUT2D eigenvalue weighted by atomic mass is 32.1. The summed E-state index contributed by atoms with van der Waals surface area (Å²) in [6.07, 6.45) is 0. The van der Waals surface area contributed by atoms with Crippen LogP contribution in [0.2, 0.25) is 0 Å². The van der Waals surface area contributed by atoms with E-state index in [-0.39, 0.29) is 17.4 Å².